The molecule has 0 heterocycles. The zero-order chi connectivity index (χ0) is 13.2. The van der Waals surface area contributed by atoms with Crippen molar-refractivity contribution < 1.29 is 17.9 Å². The molecule has 0 saturated carbocycles. The molecule has 1 unspecified atom stereocenters. The van der Waals surface area contributed by atoms with Gasteiger partial charge in [0.05, 0.1) is 17.7 Å². The highest BCUT2D eigenvalue weighted by molar-refractivity contribution is 6.32. The third kappa shape index (κ3) is 3.04. The van der Waals surface area contributed by atoms with Gasteiger partial charge in [-0.2, -0.15) is 13.2 Å². The predicted octanol–water partition coefficient (Wildman–Crippen LogP) is 3.43. The summed E-state index contributed by atoms with van der Waals surface area (Å²) in [6, 6.07) is 1.88. The molecule has 96 valence electrons. The van der Waals surface area contributed by atoms with Gasteiger partial charge in [-0.25, -0.2) is 0 Å². The molecular weight excluding hydrogens is 255 g/mol. The number of hydrogen-bond acceptors (Lipinski definition) is 2. The lowest BCUT2D eigenvalue weighted by Gasteiger charge is -2.18. The van der Waals surface area contributed by atoms with Crippen LogP contribution in [-0.2, 0) is 6.18 Å². The van der Waals surface area contributed by atoms with Crippen molar-refractivity contribution in [1.29, 1.82) is 0 Å². The van der Waals surface area contributed by atoms with Crippen molar-refractivity contribution in [2.45, 2.75) is 19.0 Å². The number of benzene rings is 1. The lowest BCUT2D eigenvalue weighted by molar-refractivity contribution is -0.137. The second kappa shape index (κ2) is 5.14. The van der Waals surface area contributed by atoms with Crippen molar-refractivity contribution in [3.05, 3.63) is 28.3 Å². The molecule has 1 atom stereocenters. The van der Waals surface area contributed by atoms with Crippen LogP contribution in [0.4, 0.5) is 13.2 Å². The Morgan fingerprint density at radius 3 is 2.41 bits per heavy atom. The third-order valence-corrected chi connectivity index (χ3v) is 2.77. The lowest BCUT2D eigenvalue weighted by atomic mass is 9.97. The van der Waals surface area contributed by atoms with E-state index in [4.69, 9.17) is 22.1 Å². The Morgan fingerprint density at radius 2 is 2.00 bits per heavy atom. The molecule has 2 nitrogen and oxygen atoms in total. The summed E-state index contributed by atoms with van der Waals surface area (Å²) < 4.78 is 42.9. The van der Waals surface area contributed by atoms with Crippen LogP contribution >= 0.6 is 11.6 Å². The summed E-state index contributed by atoms with van der Waals surface area (Å²) in [7, 11) is 1.36. The van der Waals surface area contributed by atoms with Gasteiger partial charge in [0, 0.05) is 5.56 Å². The second-order valence-electron chi connectivity index (χ2n) is 3.72. The molecule has 1 aromatic rings. The van der Waals surface area contributed by atoms with Crippen molar-refractivity contribution in [1.82, 2.24) is 0 Å². The summed E-state index contributed by atoms with van der Waals surface area (Å²) in [5.74, 6) is -0.0117. The molecule has 1 aromatic carbocycles. The van der Waals surface area contributed by atoms with Crippen molar-refractivity contribution in [2.24, 2.45) is 5.73 Å². The van der Waals surface area contributed by atoms with Gasteiger partial charge in [-0.15, -0.1) is 0 Å². The number of nitrogens with two attached hydrogens (primary N) is 1. The quantitative estimate of drug-likeness (QED) is 0.911. The number of hydrogen-bond donors (Lipinski definition) is 1. The molecule has 0 aromatic heterocycles. The van der Waals surface area contributed by atoms with Crippen molar-refractivity contribution in [2.75, 3.05) is 13.7 Å². The van der Waals surface area contributed by atoms with E-state index in [-0.39, 0.29) is 23.2 Å². The summed E-state index contributed by atoms with van der Waals surface area (Å²) in [6.45, 7) is 1.93. The van der Waals surface area contributed by atoms with E-state index in [1.54, 1.807) is 6.92 Å². The Kier molecular flexibility index (Phi) is 4.27. The molecule has 0 saturated heterocycles. The Hall–Kier alpha value is -0.940. The first kappa shape index (κ1) is 14.1. The van der Waals surface area contributed by atoms with Gasteiger partial charge in [-0.05, 0) is 24.6 Å². The summed E-state index contributed by atoms with van der Waals surface area (Å²) in [5.41, 5.74) is 5.03. The molecule has 1 rings (SSSR count). The van der Waals surface area contributed by atoms with Crippen molar-refractivity contribution >= 4 is 11.6 Å². The van der Waals surface area contributed by atoms with Crippen LogP contribution in [0, 0.1) is 0 Å². The van der Waals surface area contributed by atoms with Gasteiger partial charge in [-0.1, -0.05) is 18.5 Å². The second-order valence-corrected chi connectivity index (χ2v) is 4.12. The standard InChI is InChI=1S/C11H13ClF3NO/c1-6(5-16)8-3-7(11(13,14)15)4-9(12)10(8)17-2/h3-4,6H,5,16H2,1-2H3. The number of alkyl halides is 3. The SMILES string of the molecule is COc1c(Cl)cc(C(F)(F)F)cc1C(C)CN. The van der Waals surface area contributed by atoms with E-state index >= 15 is 0 Å². The number of rotatable bonds is 3. The molecule has 0 aliphatic heterocycles. The number of methoxy groups -OCH3 is 1. The van der Waals surface area contributed by atoms with Gasteiger partial charge in [0.1, 0.15) is 5.75 Å². The molecule has 0 radical (unpaired) electrons. The first-order valence-corrected chi connectivity index (χ1v) is 5.33. The van der Waals surface area contributed by atoms with Gasteiger partial charge >= 0.3 is 6.18 Å². The zero-order valence-electron chi connectivity index (χ0n) is 9.44. The highest BCUT2D eigenvalue weighted by Crippen LogP contribution is 2.39. The molecule has 0 aliphatic rings. The molecule has 2 N–H and O–H groups in total. The Morgan fingerprint density at radius 1 is 1.41 bits per heavy atom. The monoisotopic (exact) mass is 267 g/mol. The van der Waals surface area contributed by atoms with Crippen LogP contribution in [0.25, 0.3) is 0 Å². The predicted molar refractivity (Wildman–Crippen MR) is 60.5 cm³/mol. The average Bonchev–Trinajstić information content (AvgIpc) is 2.25. The summed E-state index contributed by atoms with van der Waals surface area (Å²) in [5, 5.41) is -0.0578. The van der Waals surface area contributed by atoms with Gasteiger partial charge < -0.3 is 10.5 Å². The molecule has 0 aliphatic carbocycles. The van der Waals surface area contributed by atoms with Gasteiger partial charge in [0.2, 0.25) is 0 Å². The fraction of sp³-hybridized carbons (Fsp3) is 0.455. The van der Waals surface area contributed by atoms with Crippen LogP contribution < -0.4 is 10.5 Å². The van der Waals surface area contributed by atoms with Crippen LogP contribution in [0.5, 0.6) is 5.75 Å². The van der Waals surface area contributed by atoms with Crippen LogP contribution in [0.2, 0.25) is 5.02 Å². The zero-order valence-corrected chi connectivity index (χ0v) is 10.2. The van der Waals surface area contributed by atoms with E-state index in [2.05, 4.69) is 0 Å². The largest absolute Gasteiger partial charge is 0.495 e. The fourth-order valence-electron chi connectivity index (χ4n) is 1.49. The Bertz CT molecular complexity index is 406. The minimum absolute atomic E-state index is 0.0578. The molecule has 0 amide bonds. The smallest absolute Gasteiger partial charge is 0.416 e. The minimum atomic E-state index is -4.43. The fourth-order valence-corrected chi connectivity index (χ4v) is 1.79. The highest BCUT2D eigenvalue weighted by Gasteiger charge is 2.32. The van der Waals surface area contributed by atoms with E-state index in [9.17, 15) is 13.2 Å². The maximum Gasteiger partial charge on any atom is 0.416 e. The van der Waals surface area contributed by atoms with Crippen LogP contribution in [0.15, 0.2) is 12.1 Å². The van der Waals surface area contributed by atoms with Crippen molar-refractivity contribution in [3.8, 4) is 5.75 Å². The van der Waals surface area contributed by atoms with Gasteiger partial charge in [0.25, 0.3) is 0 Å². The lowest BCUT2D eigenvalue weighted by Crippen LogP contribution is -2.13. The van der Waals surface area contributed by atoms with E-state index < -0.39 is 11.7 Å². The van der Waals surface area contributed by atoms with E-state index in [1.165, 1.54) is 7.11 Å². The molecule has 0 spiro atoms. The van der Waals surface area contributed by atoms with E-state index in [0.717, 1.165) is 12.1 Å². The Labute approximate surface area is 103 Å². The van der Waals surface area contributed by atoms with Crippen LogP contribution in [0.1, 0.15) is 24.0 Å². The number of halogens is 4. The third-order valence-electron chi connectivity index (χ3n) is 2.49. The Balaban J connectivity index is 3.39. The van der Waals surface area contributed by atoms with Crippen LogP contribution in [-0.4, -0.2) is 13.7 Å². The summed E-state index contributed by atoms with van der Waals surface area (Å²) in [4.78, 5) is 0. The molecule has 0 fully saturated rings. The van der Waals surface area contributed by atoms with Crippen molar-refractivity contribution in [3.63, 3.8) is 0 Å². The molecule has 0 bridgehead atoms. The first-order valence-electron chi connectivity index (χ1n) is 4.96. The number of ether oxygens (including phenoxy) is 1. The summed E-state index contributed by atoms with van der Waals surface area (Å²) >= 11 is 5.78. The normalized spacial score (nSPS) is 13.6. The average molecular weight is 268 g/mol. The molecule has 6 heteroatoms. The van der Waals surface area contributed by atoms with Crippen LogP contribution in [0.3, 0.4) is 0 Å². The molecular formula is C11H13ClF3NO. The summed E-state index contributed by atoms with van der Waals surface area (Å²) in [6.07, 6.45) is -4.43. The molecule has 17 heavy (non-hydrogen) atoms. The maximum absolute atomic E-state index is 12.6. The minimum Gasteiger partial charge on any atom is -0.495 e. The first-order chi connectivity index (χ1) is 7.81. The van der Waals surface area contributed by atoms with Gasteiger partial charge in [-0.3, -0.25) is 0 Å². The van der Waals surface area contributed by atoms with E-state index in [1.807, 2.05) is 0 Å². The highest BCUT2D eigenvalue weighted by atomic mass is 35.5. The topological polar surface area (TPSA) is 35.2 Å². The van der Waals surface area contributed by atoms with E-state index in [0.29, 0.717) is 5.56 Å². The maximum atomic E-state index is 12.6. The van der Waals surface area contributed by atoms with Gasteiger partial charge in [0.15, 0.2) is 0 Å².